The number of hydrogen-bond donors (Lipinski definition) is 34. The molecule has 16 rings (SSSR count). The van der Waals surface area contributed by atoms with Crippen LogP contribution in [0.5, 0.6) is 0 Å². The van der Waals surface area contributed by atoms with Crippen LogP contribution >= 0.6 is 0 Å². The van der Waals surface area contributed by atoms with Gasteiger partial charge in [-0.15, -0.1) is 0 Å². The molecule has 16 saturated heterocycles. The van der Waals surface area contributed by atoms with E-state index in [1.807, 2.05) is 0 Å². The van der Waals surface area contributed by atoms with Gasteiger partial charge < -0.3 is 320 Å². The molecule has 65 heteroatoms. The molecule has 0 spiro atoms. The third kappa shape index (κ3) is 25.0. The van der Waals surface area contributed by atoms with E-state index in [4.69, 9.17) is 147 Å². The highest BCUT2D eigenvalue weighted by molar-refractivity contribution is 5.02. The fraction of sp³-hybridized carbons (Fsp3) is 1.00. The molecule has 0 aliphatic carbocycles. The molecule has 16 fully saturated rings. The Labute approximate surface area is 817 Å². The van der Waals surface area contributed by atoms with Gasteiger partial charge in [-0.25, -0.2) is 0 Å². The van der Waals surface area contributed by atoms with Gasteiger partial charge in [-0.05, 0) is 0 Å². The van der Waals surface area contributed by atoms with Gasteiger partial charge in [0.15, 0.2) is 101 Å². The van der Waals surface area contributed by atoms with Crippen LogP contribution in [0.3, 0.4) is 0 Å². The Bertz CT molecular complexity index is 3920. The van der Waals surface area contributed by atoms with E-state index >= 15 is 0 Å². The maximum atomic E-state index is 12.0. The molecule has 0 aromatic carbocycles. The number of aliphatic hydroxyl groups excluding tert-OH is 34. The van der Waals surface area contributed by atoms with Crippen LogP contribution < -0.4 is 0 Å². The van der Waals surface area contributed by atoms with Crippen LogP contribution in [0, 0.1) is 0 Å². The van der Waals surface area contributed by atoms with Crippen molar-refractivity contribution in [2.45, 2.75) is 394 Å². The lowest BCUT2D eigenvalue weighted by atomic mass is 10.1. The molecule has 0 aromatic rings. The highest BCUT2D eigenvalue weighted by Crippen LogP contribution is 2.41. The second-order valence-electron chi connectivity index (χ2n) is 37.5. The smallest absolute Gasteiger partial charge is 0.187 e. The first-order valence-electron chi connectivity index (χ1n) is 46.8. The van der Waals surface area contributed by atoms with E-state index in [-0.39, 0.29) is 0 Å². The number of hydrogen-bond acceptors (Lipinski definition) is 65. The Morgan fingerprint density at radius 3 is 0.386 bits per heavy atom. The van der Waals surface area contributed by atoms with Crippen molar-refractivity contribution >= 4 is 0 Å². The molecule has 0 saturated carbocycles. The van der Waals surface area contributed by atoms with Crippen LogP contribution in [0.25, 0.3) is 0 Å². The van der Waals surface area contributed by atoms with E-state index in [0.717, 1.165) is 0 Å². The summed E-state index contributed by atoms with van der Waals surface area (Å²) in [7, 11) is 0. The normalized spacial score (nSPS) is 53.6. The lowest BCUT2D eigenvalue weighted by Gasteiger charge is -2.26. The third-order valence-electron chi connectivity index (χ3n) is 27.7. The van der Waals surface area contributed by atoms with E-state index in [9.17, 15) is 174 Å². The molecular weight excluding hydrogens is 2000 g/mol. The third-order valence-corrected chi connectivity index (χ3v) is 27.7. The van der Waals surface area contributed by atoms with Crippen LogP contribution in [0.4, 0.5) is 0 Å². The lowest BCUT2D eigenvalue weighted by Crippen LogP contribution is -2.44. The van der Waals surface area contributed by atoms with Crippen molar-refractivity contribution in [3.05, 3.63) is 0 Å². The van der Waals surface area contributed by atoms with Crippen molar-refractivity contribution in [3.63, 3.8) is 0 Å². The number of rotatable bonds is 46. The molecule has 0 bridgehead atoms. The topological polar surface area (TPSA) is 974 Å². The summed E-state index contributed by atoms with van der Waals surface area (Å²) in [5.74, 6) is 0. The van der Waals surface area contributed by atoms with Gasteiger partial charge in [0.1, 0.15) is 293 Å². The average molecular weight is 2130 g/mol. The van der Waals surface area contributed by atoms with Crippen molar-refractivity contribution in [1.29, 1.82) is 0 Å². The first kappa shape index (κ1) is 115. The fourth-order valence-corrected chi connectivity index (χ4v) is 18.7. The van der Waals surface area contributed by atoms with Gasteiger partial charge >= 0.3 is 0 Å². The molecule has 16 aliphatic rings. The van der Waals surface area contributed by atoms with Gasteiger partial charge in [-0.2, -0.15) is 0 Å². The van der Waals surface area contributed by atoms with E-state index < -0.39 is 499 Å². The lowest BCUT2D eigenvalue weighted by molar-refractivity contribution is -0.240. The van der Waals surface area contributed by atoms with E-state index in [1.165, 1.54) is 0 Å². The number of aliphatic hydroxyl groups is 34. The van der Waals surface area contributed by atoms with Gasteiger partial charge in [0.2, 0.25) is 0 Å². The van der Waals surface area contributed by atoms with E-state index in [1.54, 1.807) is 0 Å². The van der Waals surface area contributed by atoms with Gasteiger partial charge in [0.25, 0.3) is 0 Å². The second-order valence-corrected chi connectivity index (χ2v) is 37.5. The SMILES string of the molecule is OC[C@H]1O[C@H](OC[C@H]2O[C@H](OC[C@H]3O[C@H](OC[C@H]4O[C@H](OC[C@H]5O[C@H](OC[C@H]6O[C@H](OC[C@H]7O[C@H](OC[C@H]8O[C@H](OC[C@H]9O[C@H](OC[C@H]%10O[C@H](OC[C@H]%11OC(O)[C@@H](O)[C@@H]%11O)[C@@H](O)[C@@H]%10O)[C@@H](O)[C@@H]9O)[C@@H](O)[C@@H]8O)[C@@H](O)[C@@H]7O)[C@@H](O)[C@@H]6O[C@H]6O[C@H](CO[C@H]7O[C@H](CO[C@H]8O[C@H](CO[C@H]9O[C@H](CO[C@H]%10O[C@H](CO)[C@@H](O)[C@@H]%10O)[C@@H](O)[C@@H]9O)[C@@H](O)[C@@H]8O)[C@@H](O)[C@@H]7O)[C@@H](O)[C@@H]6O)[C@@H](O)[C@@H]5O)[C@@H](O)[C@@H]4O)[C@@H](O)[C@@H]3O)[C@@H](O)[C@@H]2O)[C@@H](O)[C@@H]1O. The van der Waals surface area contributed by atoms with Crippen LogP contribution in [0.1, 0.15) is 0 Å². The molecule has 65 nitrogen and oxygen atoms in total. The Morgan fingerprint density at radius 1 is 0.117 bits per heavy atom. The zero-order valence-corrected chi connectivity index (χ0v) is 76.1. The highest BCUT2D eigenvalue weighted by Gasteiger charge is 2.61. The van der Waals surface area contributed by atoms with Crippen LogP contribution in [-0.2, 0) is 147 Å². The maximum absolute atomic E-state index is 12.0. The molecule has 0 aromatic heterocycles. The fourth-order valence-electron chi connectivity index (χ4n) is 18.7. The average Bonchev–Trinajstić information content (AvgIpc) is 1.64. The molecule has 0 amide bonds. The van der Waals surface area contributed by atoms with Crippen molar-refractivity contribution in [2.75, 3.05) is 106 Å². The summed E-state index contributed by atoms with van der Waals surface area (Å²) in [5, 5.41) is 364. The summed E-state index contributed by atoms with van der Waals surface area (Å²) in [6.07, 6.45) is -106. The standard InChI is InChI=1S/C80H130O65/c81-1-17-33(83)49(99)66(130-17)116-4-20-36(86)52(102)69(133-20)119-7-23-39(89)55(105)72(136-23)122-10-26-42(92)58(108)75(139-26)125-13-29-45(95)61(111)78(142-29)128-16-32-64(145-80-62(112)47(97)31(143-80)15-126-77-59(109)44(94)28(140-77)12-123-74-56(106)40(90)24(137-74)8-120-70-53(103)37(87)21(134-70)5-117-67-50(100)34(84)18(2-82)131-67)63(113)79(144-32)127-14-30-46(96)60(110)76(141-30)124-11-27-43(93)57(107)73(138-27)121-9-25-41(91)54(104)71(135-25)118-6-22-38(88)51(101)68(132-22)115-3-19-35(85)48(98)65(114)129-19/h17-114H,1-16H2/t17-,18-,19-,20-,21-,22-,23-,24-,25-,26-,27-,28-,29-,30-,31-,32-,33-,34-,35-,36-,37-,38-,39-,40-,41-,42-,43-,44-,45-,46-,47-,48+,49+,50+,51+,52+,53+,54+,55+,56+,57+,58+,59+,60+,61+,62+,63+,64-,65?,66+,67+,68+,69+,70+,71+,72+,73+,74+,75+,76+,77+,78+,79+,80-/m1/s1. The van der Waals surface area contributed by atoms with Gasteiger partial charge in [0.05, 0.1) is 106 Å². The Hall–Kier alpha value is -2.60. The maximum Gasteiger partial charge on any atom is 0.187 e. The largest absolute Gasteiger partial charge is 0.394 e. The molecule has 34 N–H and O–H groups in total. The zero-order valence-electron chi connectivity index (χ0n) is 76.1. The van der Waals surface area contributed by atoms with Crippen molar-refractivity contribution in [3.8, 4) is 0 Å². The molecule has 145 heavy (non-hydrogen) atoms. The van der Waals surface area contributed by atoms with Gasteiger partial charge in [-0.3, -0.25) is 0 Å². The first-order valence-corrected chi connectivity index (χ1v) is 46.8. The minimum Gasteiger partial charge on any atom is -0.394 e. The summed E-state index contributed by atoms with van der Waals surface area (Å²) in [5.41, 5.74) is 0. The molecule has 16 heterocycles. The highest BCUT2D eigenvalue weighted by atomic mass is 16.8. The zero-order chi connectivity index (χ0) is 104. The summed E-state index contributed by atoms with van der Waals surface area (Å²) < 4.78 is 174. The minimum atomic E-state index is -2.05. The van der Waals surface area contributed by atoms with Crippen molar-refractivity contribution < 1.29 is 320 Å². The summed E-state index contributed by atoms with van der Waals surface area (Å²) in [4.78, 5) is 0. The molecular formula is C80H130O65. The molecule has 840 valence electrons. The quantitative estimate of drug-likeness (QED) is 0.0269. The second kappa shape index (κ2) is 49.9. The first-order chi connectivity index (χ1) is 69.0. The Kier molecular flexibility index (Phi) is 39.5. The summed E-state index contributed by atoms with van der Waals surface area (Å²) in [6.45, 7) is -10.4. The summed E-state index contributed by atoms with van der Waals surface area (Å²) in [6, 6.07) is 0. The number of ether oxygens (including phenoxy) is 31. The van der Waals surface area contributed by atoms with E-state index in [0.29, 0.717) is 0 Å². The minimum absolute atomic E-state index is 0.506. The predicted octanol–water partition coefficient (Wildman–Crippen LogP) is -25.6. The Morgan fingerprint density at radius 2 is 0.234 bits per heavy atom. The molecule has 64 atom stereocenters. The molecule has 0 radical (unpaired) electrons. The predicted molar refractivity (Wildman–Crippen MR) is 429 cm³/mol. The summed E-state index contributed by atoms with van der Waals surface area (Å²) >= 11 is 0. The van der Waals surface area contributed by atoms with Crippen LogP contribution in [0.15, 0.2) is 0 Å². The molecule has 1 unspecified atom stereocenters. The van der Waals surface area contributed by atoms with Crippen molar-refractivity contribution in [1.82, 2.24) is 0 Å². The monoisotopic (exact) mass is 2130 g/mol. The van der Waals surface area contributed by atoms with Crippen LogP contribution in [0.2, 0.25) is 0 Å². The van der Waals surface area contributed by atoms with Crippen molar-refractivity contribution in [2.24, 2.45) is 0 Å². The van der Waals surface area contributed by atoms with Gasteiger partial charge in [-0.1, -0.05) is 0 Å². The Balaban J connectivity index is 0.496. The molecule has 16 aliphatic heterocycles. The van der Waals surface area contributed by atoms with Gasteiger partial charge in [0, 0.05) is 0 Å². The van der Waals surface area contributed by atoms with E-state index in [2.05, 4.69) is 0 Å². The van der Waals surface area contributed by atoms with Crippen LogP contribution in [-0.4, -0.2) is 673 Å².